The molecule has 1 aliphatic rings. The van der Waals surface area contributed by atoms with Crippen molar-refractivity contribution >= 4 is 23.3 Å². The molecule has 3 N–H and O–H groups in total. The normalized spacial score (nSPS) is 16.4. The molecule has 0 aliphatic carbocycles. The molecule has 1 aliphatic heterocycles. The number of primary amides is 1. The summed E-state index contributed by atoms with van der Waals surface area (Å²) in [6.45, 7) is 0. The lowest BCUT2D eigenvalue weighted by atomic mass is 10.1. The fourth-order valence-corrected chi connectivity index (χ4v) is 2.57. The summed E-state index contributed by atoms with van der Waals surface area (Å²) in [6.07, 6.45) is 0.452. The van der Waals surface area contributed by atoms with E-state index >= 15 is 0 Å². The maximum atomic E-state index is 12.5. The second kappa shape index (κ2) is 5.28. The number of nitrogens with one attached hydrogen (secondary N) is 1. The van der Waals surface area contributed by atoms with Gasteiger partial charge in [0.1, 0.15) is 6.04 Å². The highest BCUT2D eigenvalue weighted by Gasteiger charge is 2.37. The van der Waals surface area contributed by atoms with Gasteiger partial charge in [-0.3, -0.25) is 9.69 Å². The van der Waals surface area contributed by atoms with E-state index in [0.29, 0.717) is 12.1 Å². The van der Waals surface area contributed by atoms with Gasteiger partial charge in [0.05, 0.1) is 0 Å². The molecule has 1 unspecified atom stereocenters. The number of benzene rings is 2. The van der Waals surface area contributed by atoms with Crippen LogP contribution in [0.5, 0.6) is 0 Å². The lowest BCUT2D eigenvalue weighted by Crippen LogP contribution is -2.47. The van der Waals surface area contributed by atoms with Crippen molar-refractivity contribution in [2.24, 2.45) is 5.73 Å². The number of rotatable bonds is 2. The summed E-state index contributed by atoms with van der Waals surface area (Å²) in [6, 6.07) is 15.6. The van der Waals surface area contributed by atoms with E-state index in [1.54, 1.807) is 12.1 Å². The molecule has 1 heterocycles. The molecular formula is C16H15N3O2. The van der Waals surface area contributed by atoms with E-state index in [0.717, 1.165) is 11.3 Å². The van der Waals surface area contributed by atoms with Crippen LogP contribution >= 0.6 is 0 Å². The highest BCUT2D eigenvalue weighted by Crippen LogP contribution is 2.32. The van der Waals surface area contributed by atoms with Crippen molar-refractivity contribution in [3.63, 3.8) is 0 Å². The van der Waals surface area contributed by atoms with Crippen molar-refractivity contribution in [3.05, 3.63) is 60.2 Å². The summed E-state index contributed by atoms with van der Waals surface area (Å²) in [5, 5.41) is 2.79. The van der Waals surface area contributed by atoms with Gasteiger partial charge < -0.3 is 11.1 Å². The first-order valence-electron chi connectivity index (χ1n) is 6.69. The summed E-state index contributed by atoms with van der Waals surface area (Å²) in [7, 11) is 0. The van der Waals surface area contributed by atoms with E-state index in [2.05, 4.69) is 5.32 Å². The van der Waals surface area contributed by atoms with Crippen molar-refractivity contribution in [2.75, 3.05) is 10.2 Å². The van der Waals surface area contributed by atoms with Gasteiger partial charge in [-0.25, -0.2) is 4.79 Å². The summed E-state index contributed by atoms with van der Waals surface area (Å²) in [5.74, 6) is -0.505. The third-order valence-electron chi connectivity index (χ3n) is 3.55. The van der Waals surface area contributed by atoms with Gasteiger partial charge in [0, 0.05) is 17.8 Å². The quantitative estimate of drug-likeness (QED) is 0.884. The zero-order valence-corrected chi connectivity index (χ0v) is 11.3. The molecule has 0 spiro atoms. The molecule has 2 aromatic rings. The topological polar surface area (TPSA) is 75.4 Å². The maximum absolute atomic E-state index is 12.5. The molecule has 0 aromatic heterocycles. The molecule has 3 rings (SSSR count). The number of hydrogen-bond acceptors (Lipinski definition) is 2. The molecule has 106 valence electrons. The van der Waals surface area contributed by atoms with Gasteiger partial charge in [-0.05, 0) is 23.8 Å². The summed E-state index contributed by atoms with van der Waals surface area (Å²) in [5.41, 5.74) is 7.79. The molecule has 0 fully saturated rings. The number of carbonyl (C=O) groups is 2. The van der Waals surface area contributed by atoms with Crippen LogP contribution in [0.15, 0.2) is 54.6 Å². The molecule has 21 heavy (non-hydrogen) atoms. The molecule has 2 aromatic carbocycles. The van der Waals surface area contributed by atoms with Crippen molar-refractivity contribution < 1.29 is 9.59 Å². The Kier molecular flexibility index (Phi) is 3.31. The van der Waals surface area contributed by atoms with E-state index in [9.17, 15) is 9.59 Å². The minimum atomic E-state index is -0.647. The van der Waals surface area contributed by atoms with Gasteiger partial charge >= 0.3 is 6.03 Å². The number of nitrogens with two attached hydrogens (primary N) is 1. The predicted octanol–water partition coefficient (Wildman–Crippen LogP) is 2.14. The smallest absolute Gasteiger partial charge is 0.327 e. The Morgan fingerprint density at radius 1 is 1.05 bits per heavy atom. The van der Waals surface area contributed by atoms with Gasteiger partial charge in [0.25, 0.3) is 0 Å². The van der Waals surface area contributed by atoms with Crippen LogP contribution < -0.4 is 16.0 Å². The Labute approximate surface area is 122 Å². The van der Waals surface area contributed by atoms with Crippen LogP contribution in [-0.2, 0) is 11.2 Å². The molecule has 5 nitrogen and oxygen atoms in total. The first kappa shape index (κ1) is 13.2. The summed E-state index contributed by atoms with van der Waals surface area (Å²) >= 11 is 0. The van der Waals surface area contributed by atoms with Gasteiger partial charge in [-0.15, -0.1) is 0 Å². The lowest BCUT2D eigenvalue weighted by molar-refractivity contribution is -0.119. The zero-order chi connectivity index (χ0) is 14.8. The highest BCUT2D eigenvalue weighted by molar-refractivity contribution is 6.08. The maximum Gasteiger partial charge on any atom is 0.327 e. The highest BCUT2D eigenvalue weighted by atomic mass is 16.2. The summed E-state index contributed by atoms with van der Waals surface area (Å²) < 4.78 is 0. The van der Waals surface area contributed by atoms with E-state index in [-0.39, 0.29) is 6.03 Å². The number of para-hydroxylation sites is 2. The minimum absolute atomic E-state index is 0.352. The predicted molar refractivity (Wildman–Crippen MR) is 81.1 cm³/mol. The molecule has 0 bridgehead atoms. The number of fused-ring (bicyclic) bond motifs is 1. The van der Waals surface area contributed by atoms with Crippen molar-refractivity contribution in [1.82, 2.24) is 0 Å². The van der Waals surface area contributed by atoms with E-state index < -0.39 is 11.9 Å². The number of anilines is 2. The Morgan fingerprint density at radius 3 is 2.43 bits per heavy atom. The molecular weight excluding hydrogens is 266 g/mol. The minimum Gasteiger partial charge on any atom is -0.368 e. The number of carbonyl (C=O) groups excluding carboxylic acids is 2. The average molecular weight is 281 g/mol. The van der Waals surface area contributed by atoms with Crippen molar-refractivity contribution in [1.29, 1.82) is 0 Å². The van der Waals surface area contributed by atoms with E-state index in [1.165, 1.54) is 4.90 Å². The number of amides is 3. The van der Waals surface area contributed by atoms with E-state index in [4.69, 9.17) is 5.73 Å². The van der Waals surface area contributed by atoms with Crippen LogP contribution in [-0.4, -0.2) is 18.0 Å². The molecule has 5 heteroatoms. The molecule has 0 saturated carbocycles. The Balaban J connectivity index is 1.91. The van der Waals surface area contributed by atoms with Crippen LogP contribution in [0, 0.1) is 0 Å². The van der Waals surface area contributed by atoms with Gasteiger partial charge in [-0.1, -0.05) is 36.4 Å². The summed E-state index contributed by atoms with van der Waals surface area (Å²) in [4.78, 5) is 25.6. The Morgan fingerprint density at radius 2 is 1.71 bits per heavy atom. The SMILES string of the molecule is NC(=O)C1Cc2ccccc2N1C(=O)Nc1ccccc1. The number of hydrogen-bond donors (Lipinski definition) is 2. The van der Waals surface area contributed by atoms with Gasteiger partial charge in [0.15, 0.2) is 0 Å². The fourth-order valence-electron chi connectivity index (χ4n) is 2.57. The largest absolute Gasteiger partial charge is 0.368 e. The van der Waals surface area contributed by atoms with Crippen LogP contribution in [0.2, 0.25) is 0 Å². The average Bonchev–Trinajstić information content (AvgIpc) is 2.88. The van der Waals surface area contributed by atoms with Crippen LogP contribution in [0.4, 0.5) is 16.2 Å². The Bertz CT molecular complexity index is 685. The van der Waals surface area contributed by atoms with E-state index in [1.807, 2.05) is 42.5 Å². The Hall–Kier alpha value is -2.82. The first-order valence-corrected chi connectivity index (χ1v) is 6.69. The van der Waals surface area contributed by atoms with Gasteiger partial charge in [-0.2, -0.15) is 0 Å². The lowest BCUT2D eigenvalue weighted by Gasteiger charge is -2.23. The zero-order valence-electron chi connectivity index (χ0n) is 11.3. The molecule has 0 radical (unpaired) electrons. The molecule has 0 saturated heterocycles. The van der Waals surface area contributed by atoms with Crippen molar-refractivity contribution in [3.8, 4) is 0 Å². The second-order valence-electron chi connectivity index (χ2n) is 4.92. The molecule has 3 amide bonds. The van der Waals surface area contributed by atoms with Crippen molar-refractivity contribution in [2.45, 2.75) is 12.5 Å². The van der Waals surface area contributed by atoms with Gasteiger partial charge in [0.2, 0.25) is 5.91 Å². The standard InChI is InChI=1S/C16H15N3O2/c17-15(20)14-10-11-6-4-5-9-13(11)19(14)16(21)18-12-7-2-1-3-8-12/h1-9,14H,10H2,(H2,17,20)(H,18,21). The number of nitrogens with zero attached hydrogens (tertiary/aromatic N) is 1. The third-order valence-corrected chi connectivity index (χ3v) is 3.55. The number of urea groups is 1. The third kappa shape index (κ3) is 2.45. The van der Waals surface area contributed by atoms with Crippen LogP contribution in [0.25, 0.3) is 0 Å². The second-order valence-corrected chi connectivity index (χ2v) is 4.92. The monoisotopic (exact) mass is 281 g/mol. The molecule has 1 atom stereocenters. The fraction of sp³-hybridized carbons (Fsp3) is 0.125. The first-order chi connectivity index (χ1) is 10.2. The van der Waals surface area contributed by atoms with Crippen LogP contribution in [0.3, 0.4) is 0 Å². The van der Waals surface area contributed by atoms with Crippen LogP contribution in [0.1, 0.15) is 5.56 Å².